The van der Waals surface area contributed by atoms with E-state index in [-0.39, 0.29) is 12.3 Å². The van der Waals surface area contributed by atoms with Gasteiger partial charge in [0.25, 0.3) is 0 Å². The quantitative estimate of drug-likeness (QED) is 0.662. The van der Waals surface area contributed by atoms with Gasteiger partial charge in [0.2, 0.25) is 15.9 Å². The second-order valence-electron chi connectivity index (χ2n) is 7.28. The van der Waals surface area contributed by atoms with E-state index < -0.39 is 10.0 Å². The van der Waals surface area contributed by atoms with Crippen molar-refractivity contribution in [1.82, 2.24) is 9.21 Å². The van der Waals surface area contributed by atoms with E-state index in [2.05, 4.69) is 24.3 Å². The first-order chi connectivity index (χ1) is 12.4. The Morgan fingerprint density at radius 2 is 1.81 bits per heavy atom. The molecule has 26 heavy (non-hydrogen) atoms. The minimum Gasteiger partial charge on any atom is -0.343 e. The number of likely N-dealkylation sites (tertiary alicyclic amines) is 1. The number of carbonyl (C=O) groups excluding carboxylic acids is 1. The molecular formula is C20H32N2O3S. The van der Waals surface area contributed by atoms with Gasteiger partial charge < -0.3 is 4.90 Å². The van der Waals surface area contributed by atoms with Gasteiger partial charge in [-0.05, 0) is 37.2 Å². The zero-order chi connectivity index (χ0) is 19.0. The van der Waals surface area contributed by atoms with Crippen LogP contribution in [0, 0.1) is 5.92 Å². The number of benzene rings is 1. The lowest BCUT2D eigenvalue weighted by Crippen LogP contribution is -2.41. The predicted molar refractivity (Wildman–Crippen MR) is 105 cm³/mol. The number of amides is 1. The van der Waals surface area contributed by atoms with Crippen molar-refractivity contribution in [3.05, 3.63) is 35.9 Å². The first-order valence-electron chi connectivity index (χ1n) is 9.67. The van der Waals surface area contributed by atoms with Gasteiger partial charge in [-0.2, -0.15) is 0 Å². The van der Waals surface area contributed by atoms with Gasteiger partial charge in [-0.25, -0.2) is 12.7 Å². The third-order valence-electron chi connectivity index (χ3n) is 5.14. The molecule has 0 unspecified atom stereocenters. The summed E-state index contributed by atoms with van der Waals surface area (Å²) in [5, 5.41) is 0. The van der Waals surface area contributed by atoms with Gasteiger partial charge in [-0.15, -0.1) is 0 Å². The Hall–Kier alpha value is -1.40. The topological polar surface area (TPSA) is 57.7 Å². The lowest BCUT2D eigenvalue weighted by atomic mass is 9.90. The van der Waals surface area contributed by atoms with Crippen LogP contribution >= 0.6 is 0 Å². The Bertz CT molecular complexity index is 653. The van der Waals surface area contributed by atoms with Crippen LogP contribution in [-0.2, 0) is 21.2 Å². The first kappa shape index (κ1) is 20.9. The zero-order valence-electron chi connectivity index (χ0n) is 16.1. The highest BCUT2D eigenvalue weighted by molar-refractivity contribution is 7.88. The summed E-state index contributed by atoms with van der Waals surface area (Å²) in [6, 6.07) is 10.5. The molecule has 1 heterocycles. The van der Waals surface area contributed by atoms with E-state index in [0.29, 0.717) is 19.0 Å². The van der Waals surface area contributed by atoms with E-state index in [9.17, 15) is 13.2 Å². The number of piperidine rings is 1. The van der Waals surface area contributed by atoms with Crippen LogP contribution in [0.15, 0.2) is 30.3 Å². The van der Waals surface area contributed by atoms with E-state index >= 15 is 0 Å². The molecule has 0 atom stereocenters. The van der Waals surface area contributed by atoms with Crippen LogP contribution in [0.1, 0.15) is 44.6 Å². The molecule has 2 rings (SSSR count). The van der Waals surface area contributed by atoms with Crippen LogP contribution in [0.2, 0.25) is 0 Å². The van der Waals surface area contributed by atoms with Crippen molar-refractivity contribution >= 4 is 15.9 Å². The third-order valence-corrected chi connectivity index (χ3v) is 6.44. The minimum atomic E-state index is -3.24. The number of hydrogen-bond acceptors (Lipinski definition) is 3. The standard InChI is InChI=1S/C20H32N2O3S/c1-3-4-13-22(26(2,24)25)16-12-20(23)21-14-10-19(11-15-21)17-18-8-6-5-7-9-18/h5-9,19H,3-4,10-17H2,1-2H3. The van der Waals surface area contributed by atoms with Gasteiger partial charge in [0.1, 0.15) is 0 Å². The van der Waals surface area contributed by atoms with Crippen molar-refractivity contribution in [2.24, 2.45) is 5.92 Å². The molecule has 0 saturated carbocycles. The molecule has 0 bridgehead atoms. The van der Waals surface area contributed by atoms with Crippen LogP contribution in [0.5, 0.6) is 0 Å². The second kappa shape index (κ2) is 10.1. The van der Waals surface area contributed by atoms with Crippen molar-refractivity contribution < 1.29 is 13.2 Å². The average Bonchev–Trinajstić information content (AvgIpc) is 2.62. The number of carbonyl (C=O) groups is 1. The lowest BCUT2D eigenvalue weighted by molar-refractivity contribution is -0.132. The molecule has 1 aliphatic heterocycles. The molecular weight excluding hydrogens is 348 g/mol. The Kier molecular flexibility index (Phi) is 8.10. The van der Waals surface area contributed by atoms with Crippen LogP contribution in [0.25, 0.3) is 0 Å². The summed E-state index contributed by atoms with van der Waals surface area (Å²) in [5.41, 5.74) is 1.36. The van der Waals surface area contributed by atoms with Gasteiger partial charge in [0.15, 0.2) is 0 Å². The maximum absolute atomic E-state index is 12.5. The van der Waals surface area contributed by atoms with E-state index in [4.69, 9.17) is 0 Å². The molecule has 1 aromatic rings. The van der Waals surface area contributed by atoms with Gasteiger partial charge in [-0.3, -0.25) is 4.79 Å². The SMILES string of the molecule is CCCCN(CCC(=O)N1CCC(Cc2ccccc2)CC1)S(C)(=O)=O. The van der Waals surface area contributed by atoms with E-state index in [0.717, 1.165) is 45.2 Å². The van der Waals surface area contributed by atoms with E-state index in [1.54, 1.807) is 0 Å². The largest absolute Gasteiger partial charge is 0.343 e. The molecule has 1 saturated heterocycles. The van der Waals surface area contributed by atoms with E-state index in [1.807, 2.05) is 17.9 Å². The number of unbranched alkanes of at least 4 members (excludes halogenated alkanes) is 1. The highest BCUT2D eigenvalue weighted by Gasteiger charge is 2.24. The summed E-state index contributed by atoms with van der Waals surface area (Å²) in [6.45, 7) is 4.39. The fourth-order valence-corrected chi connectivity index (χ4v) is 4.37. The maximum Gasteiger partial charge on any atom is 0.223 e. The fraction of sp³-hybridized carbons (Fsp3) is 0.650. The van der Waals surface area contributed by atoms with Crippen LogP contribution in [-0.4, -0.2) is 56.0 Å². The van der Waals surface area contributed by atoms with Crippen molar-refractivity contribution in [3.63, 3.8) is 0 Å². The Morgan fingerprint density at radius 3 is 2.38 bits per heavy atom. The smallest absolute Gasteiger partial charge is 0.223 e. The Labute approximate surface area is 158 Å². The molecule has 0 N–H and O–H groups in total. The second-order valence-corrected chi connectivity index (χ2v) is 9.26. The summed E-state index contributed by atoms with van der Waals surface area (Å²) in [5.74, 6) is 0.701. The molecule has 0 aliphatic carbocycles. The Morgan fingerprint density at radius 1 is 1.15 bits per heavy atom. The van der Waals surface area contributed by atoms with Gasteiger partial charge in [0.05, 0.1) is 6.26 Å². The monoisotopic (exact) mass is 380 g/mol. The molecule has 6 heteroatoms. The molecule has 5 nitrogen and oxygen atoms in total. The molecule has 0 radical (unpaired) electrons. The average molecular weight is 381 g/mol. The van der Waals surface area contributed by atoms with Crippen molar-refractivity contribution in [2.75, 3.05) is 32.4 Å². The summed E-state index contributed by atoms with van der Waals surface area (Å²) in [7, 11) is -3.24. The fourth-order valence-electron chi connectivity index (χ4n) is 3.49. The number of rotatable bonds is 9. The van der Waals surface area contributed by atoms with Crippen molar-refractivity contribution in [1.29, 1.82) is 0 Å². The molecule has 146 valence electrons. The highest BCUT2D eigenvalue weighted by Crippen LogP contribution is 2.22. The molecule has 0 spiro atoms. The predicted octanol–water partition coefficient (Wildman–Crippen LogP) is 2.92. The molecule has 1 aromatic carbocycles. The Balaban J connectivity index is 1.77. The molecule has 1 fully saturated rings. The van der Waals surface area contributed by atoms with Crippen molar-refractivity contribution in [3.8, 4) is 0 Å². The molecule has 0 aromatic heterocycles. The van der Waals surface area contributed by atoms with Gasteiger partial charge in [0, 0.05) is 32.6 Å². The number of sulfonamides is 1. The van der Waals surface area contributed by atoms with Crippen LogP contribution < -0.4 is 0 Å². The molecule has 1 aliphatic rings. The van der Waals surface area contributed by atoms with Gasteiger partial charge >= 0.3 is 0 Å². The van der Waals surface area contributed by atoms with E-state index in [1.165, 1.54) is 16.1 Å². The third kappa shape index (κ3) is 6.72. The van der Waals surface area contributed by atoms with Crippen LogP contribution in [0.3, 0.4) is 0 Å². The number of nitrogens with zero attached hydrogens (tertiary/aromatic N) is 2. The first-order valence-corrected chi connectivity index (χ1v) is 11.5. The summed E-state index contributed by atoms with van der Waals surface area (Å²) < 4.78 is 25.1. The summed E-state index contributed by atoms with van der Waals surface area (Å²) in [4.78, 5) is 14.4. The van der Waals surface area contributed by atoms with Crippen molar-refractivity contribution in [2.45, 2.75) is 45.4 Å². The molecule has 1 amide bonds. The minimum absolute atomic E-state index is 0.0771. The highest BCUT2D eigenvalue weighted by atomic mass is 32.2. The van der Waals surface area contributed by atoms with Crippen LogP contribution in [0.4, 0.5) is 0 Å². The summed E-state index contributed by atoms with van der Waals surface area (Å²) in [6.07, 6.45) is 6.38. The van der Waals surface area contributed by atoms with Gasteiger partial charge in [-0.1, -0.05) is 43.7 Å². The maximum atomic E-state index is 12.5. The zero-order valence-corrected chi connectivity index (χ0v) is 16.9. The lowest BCUT2D eigenvalue weighted by Gasteiger charge is -2.32. The normalized spacial score (nSPS) is 16.2. The summed E-state index contributed by atoms with van der Waals surface area (Å²) >= 11 is 0. The number of hydrogen-bond donors (Lipinski definition) is 0.